The number of halogens is 2. The molecule has 0 saturated carbocycles. The molecule has 1 fully saturated rings. The number of ether oxygens (including phenoxy) is 1. The van der Waals surface area contributed by atoms with Crippen molar-refractivity contribution < 1.29 is 9.53 Å². The third-order valence-corrected chi connectivity index (χ3v) is 7.30. The van der Waals surface area contributed by atoms with Crippen LogP contribution in [0.5, 0.6) is 0 Å². The number of carbonyl (C=O) groups excluding carboxylic acids is 1. The Morgan fingerprint density at radius 2 is 1.61 bits per heavy atom. The lowest BCUT2D eigenvalue weighted by molar-refractivity contribution is 0.0364. The smallest absolute Gasteiger partial charge is 0.318 e. The number of benzene rings is 3. The minimum Gasteiger partial charge on any atom is -0.379 e. The Balaban J connectivity index is 0.00000294. The molecule has 0 bridgehead atoms. The van der Waals surface area contributed by atoms with Gasteiger partial charge < -0.3 is 20.3 Å². The van der Waals surface area contributed by atoms with Crippen LogP contribution >= 0.6 is 24.8 Å². The number of amides is 2. The van der Waals surface area contributed by atoms with E-state index in [2.05, 4.69) is 110 Å². The summed E-state index contributed by atoms with van der Waals surface area (Å²) in [5.74, 6) is 0. The quantitative estimate of drug-likeness (QED) is 0.253. The fraction of sp³-hybridized carbons (Fsp3) is 0.485. The first kappa shape index (κ1) is 34.8. The van der Waals surface area contributed by atoms with Crippen LogP contribution in [0.2, 0.25) is 0 Å². The van der Waals surface area contributed by atoms with Crippen LogP contribution in [0.15, 0.2) is 66.7 Å². The van der Waals surface area contributed by atoms with Crippen LogP contribution in [0.25, 0.3) is 10.8 Å². The minimum atomic E-state index is -0.0957. The Morgan fingerprint density at radius 3 is 2.32 bits per heavy atom. The molecule has 226 valence electrons. The normalized spacial score (nSPS) is 14.5. The molecule has 1 saturated heterocycles. The number of carbonyl (C=O) groups is 1. The molecular weight excluding hydrogens is 555 g/mol. The van der Waals surface area contributed by atoms with Gasteiger partial charge in [-0.05, 0) is 46.2 Å². The van der Waals surface area contributed by atoms with Crippen molar-refractivity contribution in [3.8, 4) is 0 Å². The molecule has 1 heterocycles. The van der Waals surface area contributed by atoms with E-state index in [1.165, 1.54) is 16.3 Å². The average Bonchev–Trinajstić information content (AvgIpc) is 2.93. The zero-order valence-electron chi connectivity index (χ0n) is 25.0. The summed E-state index contributed by atoms with van der Waals surface area (Å²) in [5.41, 5.74) is 3.81. The Hall–Kier alpha value is -2.35. The van der Waals surface area contributed by atoms with E-state index < -0.39 is 0 Å². The number of rotatable bonds is 11. The van der Waals surface area contributed by atoms with Crippen LogP contribution in [0.4, 0.5) is 4.79 Å². The molecule has 6 nitrogen and oxygen atoms in total. The lowest BCUT2D eigenvalue weighted by Gasteiger charge is -2.29. The average molecular weight is 604 g/mol. The first-order valence-corrected chi connectivity index (χ1v) is 14.4. The van der Waals surface area contributed by atoms with Crippen LogP contribution in [-0.2, 0) is 17.8 Å². The van der Waals surface area contributed by atoms with Crippen molar-refractivity contribution in [3.05, 3.63) is 83.4 Å². The first-order chi connectivity index (χ1) is 18.8. The van der Waals surface area contributed by atoms with Crippen LogP contribution in [0, 0.1) is 5.41 Å². The van der Waals surface area contributed by atoms with Gasteiger partial charge in [-0.1, -0.05) is 87.5 Å². The largest absolute Gasteiger partial charge is 0.379 e. The monoisotopic (exact) mass is 602 g/mol. The van der Waals surface area contributed by atoms with E-state index in [4.69, 9.17) is 4.74 Å². The lowest BCUT2D eigenvalue weighted by Crippen LogP contribution is -2.43. The number of hydrogen-bond acceptors (Lipinski definition) is 4. The molecule has 41 heavy (non-hydrogen) atoms. The SMILES string of the molecule is C[C@H](NC(=O)N(CCCN1CCOCC1)Cc1ccc(CNCC(C)(C)C)cc1)c1cccc2ccccc12.Cl.Cl. The fourth-order valence-electron chi connectivity index (χ4n) is 5.11. The standard InChI is InChI=1S/C33H46N4O2.2ClH/c1-26(30-12-7-10-29-9-5-6-11-31(29)30)35-32(38)37(18-8-17-36-19-21-39-22-20-36)24-28-15-13-27(14-16-28)23-34-25-33(2,3)4;;/h5-7,9-16,26,34H,8,17-25H2,1-4H3,(H,35,38);2*1H/t26-;;/m0../s1. The highest BCUT2D eigenvalue weighted by atomic mass is 35.5. The highest BCUT2D eigenvalue weighted by Gasteiger charge is 2.19. The first-order valence-electron chi connectivity index (χ1n) is 14.4. The summed E-state index contributed by atoms with van der Waals surface area (Å²) >= 11 is 0. The molecule has 1 aliphatic rings. The third kappa shape index (κ3) is 11.1. The summed E-state index contributed by atoms with van der Waals surface area (Å²) in [7, 11) is 0. The van der Waals surface area contributed by atoms with E-state index in [1.54, 1.807) is 0 Å². The van der Waals surface area contributed by atoms with Gasteiger partial charge in [-0.3, -0.25) is 4.90 Å². The second kappa shape index (κ2) is 16.9. The summed E-state index contributed by atoms with van der Waals surface area (Å²) in [6.45, 7) is 16.4. The van der Waals surface area contributed by atoms with Crippen LogP contribution in [0.1, 0.15) is 56.8 Å². The summed E-state index contributed by atoms with van der Waals surface area (Å²) < 4.78 is 5.49. The Morgan fingerprint density at radius 1 is 0.951 bits per heavy atom. The van der Waals surface area contributed by atoms with Crippen molar-refractivity contribution >= 4 is 41.6 Å². The molecule has 0 unspecified atom stereocenters. The van der Waals surface area contributed by atoms with Gasteiger partial charge in [-0.25, -0.2) is 4.79 Å². The second-order valence-corrected chi connectivity index (χ2v) is 11.9. The van der Waals surface area contributed by atoms with Crippen molar-refractivity contribution in [2.24, 2.45) is 5.41 Å². The van der Waals surface area contributed by atoms with Gasteiger partial charge in [0.25, 0.3) is 0 Å². The molecule has 2 amide bonds. The number of nitrogens with zero attached hydrogens (tertiary/aromatic N) is 2. The maximum atomic E-state index is 13.6. The summed E-state index contributed by atoms with van der Waals surface area (Å²) in [4.78, 5) is 18.0. The topological polar surface area (TPSA) is 56.8 Å². The van der Waals surface area contributed by atoms with Crippen molar-refractivity contribution in [3.63, 3.8) is 0 Å². The molecule has 0 spiro atoms. The van der Waals surface area contributed by atoms with Gasteiger partial charge in [0.1, 0.15) is 0 Å². The molecule has 2 N–H and O–H groups in total. The predicted molar refractivity (Wildman–Crippen MR) is 175 cm³/mol. The minimum absolute atomic E-state index is 0. The molecule has 0 aromatic heterocycles. The molecule has 0 radical (unpaired) electrons. The third-order valence-electron chi connectivity index (χ3n) is 7.30. The van der Waals surface area contributed by atoms with Gasteiger partial charge in [0, 0.05) is 45.8 Å². The van der Waals surface area contributed by atoms with Crippen molar-refractivity contribution in [2.75, 3.05) is 45.9 Å². The second-order valence-electron chi connectivity index (χ2n) is 11.9. The molecule has 3 aromatic carbocycles. The van der Waals surface area contributed by atoms with Gasteiger partial charge in [0.15, 0.2) is 0 Å². The number of hydrogen-bond donors (Lipinski definition) is 2. The highest BCUT2D eigenvalue weighted by Crippen LogP contribution is 2.24. The maximum absolute atomic E-state index is 13.6. The Labute approximate surface area is 259 Å². The number of nitrogens with one attached hydrogen (secondary N) is 2. The van der Waals surface area contributed by atoms with Crippen LogP contribution in [-0.4, -0.2) is 61.8 Å². The van der Waals surface area contributed by atoms with E-state index in [0.717, 1.165) is 63.5 Å². The van der Waals surface area contributed by atoms with E-state index in [0.29, 0.717) is 13.1 Å². The predicted octanol–water partition coefficient (Wildman–Crippen LogP) is 6.81. The van der Waals surface area contributed by atoms with E-state index >= 15 is 0 Å². The zero-order valence-corrected chi connectivity index (χ0v) is 26.7. The van der Waals surface area contributed by atoms with Crippen molar-refractivity contribution in [1.29, 1.82) is 0 Å². The van der Waals surface area contributed by atoms with E-state index in [1.807, 2.05) is 4.90 Å². The van der Waals surface area contributed by atoms with E-state index in [9.17, 15) is 4.79 Å². The maximum Gasteiger partial charge on any atom is 0.318 e. The number of fused-ring (bicyclic) bond motifs is 1. The van der Waals surface area contributed by atoms with Gasteiger partial charge >= 0.3 is 6.03 Å². The zero-order chi connectivity index (χ0) is 27.7. The van der Waals surface area contributed by atoms with Gasteiger partial charge in [0.05, 0.1) is 19.3 Å². The Bertz CT molecular complexity index is 1190. The molecule has 1 atom stereocenters. The van der Waals surface area contributed by atoms with Crippen molar-refractivity contribution in [1.82, 2.24) is 20.4 Å². The summed E-state index contributed by atoms with van der Waals surface area (Å²) in [6, 6.07) is 23.2. The van der Waals surface area contributed by atoms with Gasteiger partial charge in [0.2, 0.25) is 0 Å². The summed E-state index contributed by atoms with van der Waals surface area (Å²) in [6.07, 6.45) is 0.935. The number of morpholine rings is 1. The molecule has 8 heteroatoms. The van der Waals surface area contributed by atoms with Crippen LogP contribution < -0.4 is 10.6 Å². The molecular formula is C33H48Cl2N4O2. The summed E-state index contributed by atoms with van der Waals surface area (Å²) in [5, 5.41) is 9.21. The molecule has 1 aliphatic heterocycles. The van der Waals surface area contributed by atoms with Gasteiger partial charge in [-0.15, -0.1) is 24.8 Å². The number of urea groups is 1. The molecule has 4 rings (SSSR count). The molecule has 3 aromatic rings. The fourth-order valence-corrected chi connectivity index (χ4v) is 5.11. The molecule has 0 aliphatic carbocycles. The van der Waals surface area contributed by atoms with E-state index in [-0.39, 0.29) is 42.3 Å². The Kier molecular flexibility index (Phi) is 14.4. The van der Waals surface area contributed by atoms with Gasteiger partial charge in [-0.2, -0.15) is 0 Å². The van der Waals surface area contributed by atoms with Crippen molar-refractivity contribution in [2.45, 2.75) is 53.2 Å². The van der Waals surface area contributed by atoms with Crippen LogP contribution in [0.3, 0.4) is 0 Å². The lowest BCUT2D eigenvalue weighted by atomic mass is 9.97. The highest BCUT2D eigenvalue weighted by molar-refractivity contribution is 5.87.